The van der Waals surface area contributed by atoms with Crippen LogP contribution in [0, 0.1) is 41.0 Å². The molecule has 16 heteroatoms. The van der Waals surface area contributed by atoms with Gasteiger partial charge >= 0.3 is 18.6 Å². The van der Waals surface area contributed by atoms with Gasteiger partial charge in [-0.3, -0.25) is 0 Å². The second kappa shape index (κ2) is 12.4. The van der Waals surface area contributed by atoms with Crippen LogP contribution in [0.25, 0.3) is 0 Å². The molecule has 2 fully saturated rings. The van der Waals surface area contributed by atoms with E-state index in [4.69, 9.17) is 9.47 Å². The number of rotatable bonds is 9. The van der Waals surface area contributed by atoms with Gasteiger partial charge in [0, 0.05) is 36.1 Å². The van der Waals surface area contributed by atoms with E-state index in [0.29, 0.717) is 13.2 Å². The lowest BCUT2D eigenvalue weighted by Gasteiger charge is -2.38. The Morgan fingerprint density at radius 3 is 1.67 bits per heavy atom. The van der Waals surface area contributed by atoms with Gasteiger partial charge in [-0.15, -0.1) is 19.8 Å². The standard InChI is InChI=1S/C27H23F11O5/c1-2-13-11-39-24(40-12-13)14-3-5-15(6-4-14)25(32,33)41-16-7-18(28)22(19(29)8-16)26(34,35)42-17-9-20(30)23(21(31)10-17)43-27(36,37)38/h2,7-10,13-15,24H,1,3-6,11-12H2. The Bertz CT molecular complexity index is 1250. The molecule has 0 radical (unpaired) electrons. The monoisotopic (exact) mass is 636 g/mol. The van der Waals surface area contributed by atoms with Crippen LogP contribution in [-0.2, 0) is 15.6 Å². The van der Waals surface area contributed by atoms with Gasteiger partial charge in [-0.25, -0.2) is 17.6 Å². The SMILES string of the molecule is C=CC1COC(C2CCC(C(F)(F)Oc3cc(F)c(C(F)(F)Oc4cc(F)c(OC(F)(F)F)c(F)c4)c(F)c3)CC2)OC1. The molecule has 0 spiro atoms. The normalized spacial score (nSPS) is 23.5. The van der Waals surface area contributed by atoms with Crippen molar-refractivity contribution >= 4 is 0 Å². The fraction of sp³-hybridized carbons (Fsp3) is 0.481. The number of ether oxygens (including phenoxy) is 5. The first-order chi connectivity index (χ1) is 20.0. The molecule has 0 bridgehead atoms. The van der Waals surface area contributed by atoms with Crippen molar-refractivity contribution in [1.82, 2.24) is 0 Å². The minimum absolute atomic E-state index is 0.0169. The molecule has 2 aromatic carbocycles. The Hall–Kier alpha value is -3.27. The summed E-state index contributed by atoms with van der Waals surface area (Å²) in [6, 6.07) is -0.219. The highest BCUT2D eigenvalue weighted by atomic mass is 19.4. The molecule has 1 saturated heterocycles. The Labute approximate surface area is 237 Å². The van der Waals surface area contributed by atoms with E-state index in [1.807, 2.05) is 0 Å². The van der Waals surface area contributed by atoms with E-state index in [1.54, 1.807) is 6.08 Å². The summed E-state index contributed by atoms with van der Waals surface area (Å²) in [5.41, 5.74) is -2.15. The van der Waals surface area contributed by atoms with Crippen LogP contribution in [0.5, 0.6) is 17.2 Å². The maximum absolute atomic E-state index is 14.9. The van der Waals surface area contributed by atoms with Crippen molar-refractivity contribution in [3.05, 3.63) is 65.8 Å². The van der Waals surface area contributed by atoms with Crippen molar-refractivity contribution in [1.29, 1.82) is 0 Å². The van der Waals surface area contributed by atoms with Crippen molar-refractivity contribution in [3.63, 3.8) is 0 Å². The molecule has 238 valence electrons. The highest BCUT2D eigenvalue weighted by molar-refractivity contribution is 5.37. The minimum atomic E-state index is -5.53. The summed E-state index contributed by atoms with van der Waals surface area (Å²) in [4.78, 5) is 0. The lowest BCUT2D eigenvalue weighted by atomic mass is 9.80. The largest absolute Gasteiger partial charge is 0.573 e. The molecule has 2 aliphatic rings. The molecule has 1 heterocycles. The molecule has 43 heavy (non-hydrogen) atoms. The molecule has 0 atom stereocenters. The molecule has 0 amide bonds. The van der Waals surface area contributed by atoms with Crippen LogP contribution in [-0.4, -0.2) is 32.0 Å². The molecule has 5 nitrogen and oxygen atoms in total. The molecule has 1 aliphatic heterocycles. The molecule has 1 aliphatic carbocycles. The van der Waals surface area contributed by atoms with Crippen LogP contribution in [0.15, 0.2) is 36.9 Å². The molecular weight excluding hydrogens is 613 g/mol. The summed E-state index contributed by atoms with van der Waals surface area (Å²) < 4.78 is 176. The van der Waals surface area contributed by atoms with Gasteiger partial charge in [-0.2, -0.15) is 17.6 Å². The molecular formula is C27H23F11O5. The highest BCUT2D eigenvalue weighted by Crippen LogP contribution is 2.44. The maximum Gasteiger partial charge on any atom is 0.573 e. The maximum atomic E-state index is 14.9. The van der Waals surface area contributed by atoms with Gasteiger partial charge in [0.15, 0.2) is 17.9 Å². The van der Waals surface area contributed by atoms with E-state index in [2.05, 4.69) is 20.8 Å². The van der Waals surface area contributed by atoms with Gasteiger partial charge in [0.1, 0.15) is 28.7 Å². The highest BCUT2D eigenvalue weighted by Gasteiger charge is 2.47. The van der Waals surface area contributed by atoms with E-state index in [1.165, 1.54) is 0 Å². The Kier molecular flexibility index (Phi) is 9.40. The van der Waals surface area contributed by atoms with Gasteiger partial charge in [0.05, 0.1) is 19.1 Å². The van der Waals surface area contributed by atoms with Crippen molar-refractivity contribution in [3.8, 4) is 17.2 Å². The molecule has 1 saturated carbocycles. The van der Waals surface area contributed by atoms with E-state index in [9.17, 15) is 48.3 Å². The van der Waals surface area contributed by atoms with Crippen LogP contribution < -0.4 is 14.2 Å². The minimum Gasteiger partial charge on any atom is -0.432 e. The average Bonchev–Trinajstić information content (AvgIpc) is 2.89. The summed E-state index contributed by atoms with van der Waals surface area (Å²) in [5, 5.41) is 0. The van der Waals surface area contributed by atoms with E-state index in [0.717, 1.165) is 0 Å². The fourth-order valence-corrected chi connectivity index (χ4v) is 4.80. The zero-order chi connectivity index (χ0) is 31.7. The molecule has 0 unspecified atom stereocenters. The number of halogens is 11. The van der Waals surface area contributed by atoms with Crippen molar-refractivity contribution in [2.75, 3.05) is 13.2 Å². The topological polar surface area (TPSA) is 46.2 Å². The van der Waals surface area contributed by atoms with Gasteiger partial charge in [0.25, 0.3) is 0 Å². The third kappa shape index (κ3) is 7.82. The Balaban J connectivity index is 1.42. The third-order valence-corrected chi connectivity index (χ3v) is 6.91. The van der Waals surface area contributed by atoms with Gasteiger partial charge in [0.2, 0.25) is 5.75 Å². The predicted octanol–water partition coefficient (Wildman–Crippen LogP) is 8.22. The van der Waals surface area contributed by atoms with Crippen LogP contribution in [0.3, 0.4) is 0 Å². The number of hydrogen-bond donors (Lipinski definition) is 0. The van der Waals surface area contributed by atoms with E-state index in [-0.39, 0.29) is 61.8 Å². The van der Waals surface area contributed by atoms with Crippen LogP contribution >= 0.6 is 0 Å². The fourth-order valence-electron chi connectivity index (χ4n) is 4.80. The Morgan fingerprint density at radius 2 is 1.19 bits per heavy atom. The molecule has 0 aromatic heterocycles. The number of benzene rings is 2. The van der Waals surface area contributed by atoms with Crippen LogP contribution in [0.4, 0.5) is 48.3 Å². The average molecular weight is 636 g/mol. The smallest absolute Gasteiger partial charge is 0.432 e. The summed E-state index contributed by atoms with van der Waals surface area (Å²) in [6.07, 6.45) is -13.0. The molecule has 4 rings (SSSR count). The van der Waals surface area contributed by atoms with Gasteiger partial charge < -0.3 is 23.7 Å². The van der Waals surface area contributed by atoms with E-state index < -0.39 is 76.9 Å². The first-order valence-corrected chi connectivity index (χ1v) is 12.7. The summed E-state index contributed by atoms with van der Waals surface area (Å²) in [7, 11) is 0. The zero-order valence-corrected chi connectivity index (χ0v) is 21.8. The lowest BCUT2D eigenvalue weighted by molar-refractivity contribution is -0.276. The molecule has 2 aromatic rings. The lowest BCUT2D eigenvalue weighted by Crippen LogP contribution is -2.42. The molecule has 0 N–H and O–H groups in total. The zero-order valence-electron chi connectivity index (χ0n) is 21.8. The van der Waals surface area contributed by atoms with E-state index >= 15 is 0 Å². The van der Waals surface area contributed by atoms with Crippen LogP contribution in [0.1, 0.15) is 31.2 Å². The second-order valence-electron chi connectivity index (χ2n) is 9.95. The number of alkyl halides is 7. The van der Waals surface area contributed by atoms with Gasteiger partial charge in [-0.05, 0) is 25.7 Å². The van der Waals surface area contributed by atoms with Crippen molar-refractivity contribution in [2.45, 2.75) is 50.6 Å². The van der Waals surface area contributed by atoms with Crippen LogP contribution in [0.2, 0.25) is 0 Å². The second-order valence-corrected chi connectivity index (χ2v) is 9.95. The third-order valence-electron chi connectivity index (χ3n) is 6.91. The summed E-state index contributed by atoms with van der Waals surface area (Å²) in [6.45, 7) is 4.40. The van der Waals surface area contributed by atoms with Crippen molar-refractivity contribution in [2.24, 2.45) is 17.8 Å². The quantitative estimate of drug-likeness (QED) is 0.205. The van der Waals surface area contributed by atoms with Crippen molar-refractivity contribution < 1.29 is 72.0 Å². The summed E-state index contributed by atoms with van der Waals surface area (Å²) >= 11 is 0. The number of hydrogen-bond acceptors (Lipinski definition) is 5. The Morgan fingerprint density at radius 1 is 0.698 bits per heavy atom. The predicted molar refractivity (Wildman–Crippen MR) is 124 cm³/mol. The van der Waals surface area contributed by atoms with Gasteiger partial charge in [-0.1, -0.05) is 6.08 Å². The summed E-state index contributed by atoms with van der Waals surface area (Å²) in [5.74, 6) is -14.6. The first-order valence-electron chi connectivity index (χ1n) is 12.7. The first kappa shape index (κ1) is 32.6.